The summed E-state index contributed by atoms with van der Waals surface area (Å²) < 4.78 is 55.3. The Morgan fingerprint density at radius 3 is 2.56 bits per heavy atom. The number of nitrogens with zero attached hydrogens (tertiary/aromatic N) is 2. The van der Waals surface area contributed by atoms with E-state index in [0.717, 1.165) is 6.07 Å². The molecular weight excluding hydrogens is 366 g/mol. The monoisotopic (exact) mass is 383 g/mol. The van der Waals surface area contributed by atoms with Crippen LogP contribution >= 0.6 is 0 Å². The van der Waals surface area contributed by atoms with Crippen LogP contribution in [0.5, 0.6) is 5.75 Å². The standard InChI is InChI=1S/C15H17N3O5S2/c16-24(19,20)14-4-1-5-15(9-14)25(21,22)18-8-6-13(11-18)23-12-3-2-7-17-10-12/h1-5,7,9-10,13H,6,8,11H2,(H2,16,19,20). The van der Waals surface area contributed by atoms with Crippen molar-refractivity contribution in [3.05, 3.63) is 48.8 Å². The van der Waals surface area contributed by atoms with Crippen LogP contribution in [0.25, 0.3) is 0 Å². The maximum Gasteiger partial charge on any atom is 0.243 e. The van der Waals surface area contributed by atoms with Gasteiger partial charge in [0.25, 0.3) is 0 Å². The third kappa shape index (κ3) is 3.98. The van der Waals surface area contributed by atoms with Crippen molar-refractivity contribution in [1.82, 2.24) is 9.29 Å². The Kier molecular flexibility index (Phi) is 4.78. The third-order valence-corrected chi connectivity index (χ3v) is 6.59. The minimum absolute atomic E-state index is 0.110. The Hall–Kier alpha value is -2.01. The summed E-state index contributed by atoms with van der Waals surface area (Å²) in [6.07, 6.45) is 3.42. The van der Waals surface area contributed by atoms with Gasteiger partial charge in [-0.3, -0.25) is 4.98 Å². The Morgan fingerprint density at radius 2 is 1.88 bits per heavy atom. The molecule has 1 saturated heterocycles. The Bertz CT molecular complexity index is 962. The smallest absolute Gasteiger partial charge is 0.243 e. The summed E-state index contributed by atoms with van der Waals surface area (Å²) >= 11 is 0. The topological polar surface area (TPSA) is 120 Å². The van der Waals surface area contributed by atoms with Crippen LogP contribution in [0.1, 0.15) is 6.42 Å². The molecule has 0 spiro atoms. The lowest BCUT2D eigenvalue weighted by Crippen LogP contribution is -2.31. The molecule has 1 unspecified atom stereocenters. The second-order valence-electron chi connectivity index (χ2n) is 5.60. The molecule has 10 heteroatoms. The van der Waals surface area contributed by atoms with Crippen LogP contribution in [0.15, 0.2) is 58.6 Å². The fourth-order valence-corrected chi connectivity index (χ4v) is 4.75. The number of nitrogens with two attached hydrogens (primary N) is 1. The van der Waals surface area contributed by atoms with E-state index >= 15 is 0 Å². The van der Waals surface area contributed by atoms with Gasteiger partial charge in [-0.05, 0) is 36.8 Å². The molecule has 2 N–H and O–H groups in total. The highest BCUT2D eigenvalue weighted by Crippen LogP contribution is 2.25. The molecule has 0 saturated carbocycles. The zero-order valence-electron chi connectivity index (χ0n) is 13.1. The van der Waals surface area contributed by atoms with Crippen molar-refractivity contribution in [3.63, 3.8) is 0 Å². The van der Waals surface area contributed by atoms with Crippen molar-refractivity contribution < 1.29 is 21.6 Å². The number of pyridine rings is 1. The number of sulfonamides is 2. The number of primary sulfonamides is 1. The SMILES string of the molecule is NS(=O)(=O)c1cccc(S(=O)(=O)N2CCC(Oc3cccnc3)C2)c1. The molecule has 0 amide bonds. The van der Waals surface area contributed by atoms with Crippen molar-refractivity contribution in [2.24, 2.45) is 5.14 Å². The summed E-state index contributed by atoms with van der Waals surface area (Å²) in [6.45, 7) is 0.462. The van der Waals surface area contributed by atoms with Crippen molar-refractivity contribution >= 4 is 20.0 Å². The van der Waals surface area contributed by atoms with Gasteiger partial charge in [0.05, 0.1) is 22.5 Å². The van der Waals surface area contributed by atoms with Crippen LogP contribution < -0.4 is 9.88 Å². The predicted molar refractivity (Wildman–Crippen MR) is 89.8 cm³/mol. The lowest BCUT2D eigenvalue weighted by Gasteiger charge is -2.17. The molecule has 1 aromatic carbocycles. The van der Waals surface area contributed by atoms with E-state index in [2.05, 4.69) is 4.98 Å². The van der Waals surface area contributed by atoms with Crippen molar-refractivity contribution in [2.45, 2.75) is 22.3 Å². The molecule has 8 nitrogen and oxygen atoms in total. The summed E-state index contributed by atoms with van der Waals surface area (Å²) in [4.78, 5) is 3.60. The summed E-state index contributed by atoms with van der Waals surface area (Å²) in [7, 11) is -7.80. The van der Waals surface area contributed by atoms with E-state index in [0.29, 0.717) is 12.2 Å². The highest BCUT2D eigenvalue weighted by molar-refractivity contribution is 7.90. The Labute approximate surface area is 146 Å². The molecule has 1 atom stereocenters. The van der Waals surface area contributed by atoms with Crippen LogP contribution in [0, 0.1) is 0 Å². The highest BCUT2D eigenvalue weighted by atomic mass is 32.2. The first kappa shape index (κ1) is 17.8. The second kappa shape index (κ2) is 6.71. The van der Waals surface area contributed by atoms with Crippen LogP contribution in [0.2, 0.25) is 0 Å². The number of hydrogen-bond donors (Lipinski definition) is 1. The Morgan fingerprint density at radius 1 is 1.12 bits per heavy atom. The van der Waals surface area contributed by atoms with Crippen molar-refractivity contribution in [1.29, 1.82) is 0 Å². The molecule has 1 fully saturated rings. The first-order valence-electron chi connectivity index (χ1n) is 7.46. The molecule has 1 aliphatic rings. The van der Waals surface area contributed by atoms with E-state index in [1.54, 1.807) is 24.5 Å². The molecule has 2 aromatic rings. The molecule has 25 heavy (non-hydrogen) atoms. The highest BCUT2D eigenvalue weighted by Gasteiger charge is 2.34. The third-order valence-electron chi connectivity index (χ3n) is 3.82. The average Bonchev–Trinajstić information content (AvgIpc) is 3.04. The number of benzene rings is 1. The second-order valence-corrected chi connectivity index (χ2v) is 9.10. The number of aromatic nitrogens is 1. The summed E-state index contributed by atoms with van der Waals surface area (Å²) in [5.41, 5.74) is 0. The predicted octanol–water partition coefficient (Wildman–Crippen LogP) is 0.571. The number of hydrogen-bond acceptors (Lipinski definition) is 6. The average molecular weight is 383 g/mol. The molecule has 134 valence electrons. The van der Waals surface area contributed by atoms with E-state index in [-0.39, 0.29) is 29.0 Å². The van der Waals surface area contributed by atoms with Crippen LogP contribution in [0.3, 0.4) is 0 Å². The minimum Gasteiger partial charge on any atom is -0.487 e. The summed E-state index contributed by atoms with van der Waals surface area (Å²) in [5, 5.41) is 5.07. The molecular formula is C15H17N3O5S2. The van der Waals surface area contributed by atoms with Gasteiger partial charge in [-0.25, -0.2) is 22.0 Å². The van der Waals surface area contributed by atoms with E-state index in [1.165, 1.54) is 22.5 Å². The molecule has 1 aromatic heterocycles. The van der Waals surface area contributed by atoms with Gasteiger partial charge in [-0.1, -0.05) is 6.07 Å². The maximum absolute atomic E-state index is 12.7. The van der Waals surface area contributed by atoms with Gasteiger partial charge in [0.1, 0.15) is 11.9 Å². The van der Waals surface area contributed by atoms with Crippen LogP contribution in [0.4, 0.5) is 0 Å². The fraction of sp³-hybridized carbons (Fsp3) is 0.267. The van der Waals surface area contributed by atoms with Gasteiger partial charge in [0, 0.05) is 12.7 Å². The quantitative estimate of drug-likeness (QED) is 0.806. The molecule has 1 aliphatic heterocycles. The van der Waals surface area contributed by atoms with E-state index in [1.807, 2.05) is 0 Å². The van der Waals surface area contributed by atoms with E-state index in [9.17, 15) is 16.8 Å². The van der Waals surface area contributed by atoms with Gasteiger partial charge in [0.15, 0.2) is 0 Å². The fourth-order valence-electron chi connectivity index (χ4n) is 2.58. The van der Waals surface area contributed by atoms with Gasteiger partial charge in [-0.2, -0.15) is 4.31 Å². The first-order valence-corrected chi connectivity index (χ1v) is 10.5. The van der Waals surface area contributed by atoms with Gasteiger partial charge in [-0.15, -0.1) is 0 Å². The normalized spacial score (nSPS) is 19.0. The van der Waals surface area contributed by atoms with E-state index < -0.39 is 20.0 Å². The van der Waals surface area contributed by atoms with Gasteiger partial charge < -0.3 is 4.74 Å². The van der Waals surface area contributed by atoms with Crippen LogP contribution in [-0.2, 0) is 20.0 Å². The summed E-state index contributed by atoms with van der Waals surface area (Å²) in [6, 6.07) is 8.51. The number of ether oxygens (including phenoxy) is 1. The first-order chi connectivity index (χ1) is 11.8. The molecule has 0 radical (unpaired) electrons. The van der Waals surface area contributed by atoms with Crippen molar-refractivity contribution in [2.75, 3.05) is 13.1 Å². The van der Waals surface area contributed by atoms with E-state index in [4.69, 9.17) is 9.88 Å². The summed E-state index contributed by atoms with van der Waals surface area (Å²) in [5.74, 6) is 0.572. The molecule has 2 heterocycles. The minimum atomic E-state index is -3.98. The van der Waals surface area contributed by atoms with Crippen molar-refractivity contribution in [3.8, 4) is 5.75 Å². The Balaban J connectivity index is 1.78. The molecule has 0 bridgehead atoms. The molecule has 3 rings (SSSR count). The zero-order chi connectivity index (χ0) is 18.1. The zero-order valence-corrected chi connectivity index (χ0v) is 14.8. The largest absolute Gasteiger partial charge is 0.487 e. The lowest BCUT2D eigenvalue weighted by molar-refractivity contribution is 0.214. The maximum atomic E-state index is 12.7. The number of rotatable bonds is 5. The lowest BCUT2D eigenvalue weighted by atomic mass is 10.3. The molecule has 0 aliphatic carbocycles. The van der Waals surface area contributed by atoms with Gasteiger partial charge >= 0.3 is 0 Å². The van der Waals surface area contributed by atoms with Gasteiger partial charge in [0.2, 0.25) is 20.0 Å². The van der Waals surface area contributed by atoms with Crippen LogP contribution in [-0.4, -0.2) is 45.3 Å².